The Morgan fingerprint density at radius 3 is 2.76 bits per heavy atom. The van der Waals surface area contributed by atoms with Crippen molar-refractivity contribution in [1.82, 2.24) is 10.6 Å². The molecule has 3 N–H and O–H groups in total. The molecule has 0 aliphatic rings. The second kappa shape index (κ2) is 8.58. The first kappa shape index (κ1) is 18.9. The van der Waals surface area contributed by atoms with E-state index in [1.807, 2.05) is 32.0 Å². The number of aliphatic imine (C=N–C) groups is 1. The van der Waals surface area contributed by atoms with Crippen molar-refractivity contribution in [3.05, 3.63) is 53.5 Å². The standard InChI is InChI=1S/C19H27N3O3/c1-5-20-18(22-13-19(3,23)17-7-6-10-25-17)21-12-15-9-8-14(2)16(11-15)24-4/h6-11,23H,5,12-13H2,1-4H3,(H2,20,21,22). The summed E-state index contributed by atoms with van der Waals surface area (Å²) < 4.78 is 10.6. The third kappa shape index (κ3) is 5.26. The van der Waals surface area contributed by atoms with Gasteiger partial charge in [-0.2, -0.15) is 0 Å². The van der Waals surface area contributed by atoms with Gasteiger partial charge in [0.05, 0.1) is 26.5 Å². The molecule has 0 spiro atoms. The molecule has 2 aromatic rings. The fourth-order valence-corrected chi connectivity index (χ4v) is 2.40. The number of hydrogen-bond acceptors (Lipinski definition) is 4. The van der Waals surface area contributed by atoms with Gasteiger partial charge in [0.15, 0.2) is 5.96 Å². The third-order valence-electron chi connectivity index (χ3n) is 3.89. The van der Waals surface area contributed by atoms with E-state index in [2.05, 4.69) is 15.6 Å². The number of furan rings is 1. The number of aliphatic hydroxyl groups is 1. The zero-order valence-corrected chi connectivity index (χ0v) is 15.3. The summed E-state index contributed by atoms with van der Waals surface area (Å²) in [5.41, 5.74) is 1.03. The number of ether oxygens (including phenoxy) is 1. The molecule has 1 heterocycles. The van der Waals surface area contributed by atoms with Gasteiger partial charge in [-0.15, -0.1) is 0 Å². The molecule has 0 amide bonds. The minimum Gasteiger partial charge on any atom is -0.496 e. The second-order valence-electron chi connectivity index (χ2n) is 6.10. The molecule has 0 aliphatic heterocycles. The molecule has 0 bridgehead atoms. The number of nitrogens with zero attached hydrogens (tertiary/aromatic N) is 1. The summed E-state index contributed by atoms with van der Waals surface area (Å²) in [6.45, 7) is 7.22. The Labute approximate surface area is 148 Å². The third-order valence-corrected chi connectivity index (χ3v) is 3.89. The lowest BCUT2D eigenvalue weighted by molar-refractivity contribution is 0.0386. The molecule has 0 fully saturated rings. The Balaban J connectivity index is 2.03. The first-order valence-electron chi connectivity index (χ1n) is 8.38. The van der Waals surface area contributed by atoms with Gasteiger partial charge in [-0.05, 0) is 50.1 Å². The molecule has 6 heteroatoms. The molecule has 0 saturated heterocycles. The van der Waals surface area contributed by atoms with Gasteiger partial charge in [-0.3, -0.25) is 0 Å². The fraction of sp³-hybridized carbons (Fsp3) is 0.421. The number of methoxy groups -OCH3 is 1. The lowest BCUT2D eigenvalue weighted by Gasteiger charge is -2.22. The van der Waals surface area contributed by atoms with Crippen LogP contribution >= 0.6 is 0 Å². The number of guanidine groups is 1. The van der Waals surface area contributed by atoms with Crippen LogP contribution in [0.3, 0.4) is 0 Å². The quantitative estimate of drug-likeness (QED) is 0.531. The van der Waals surface area contributed by atoms with Crippen LogP contribution in [0.4, 0.5) is 0 Å². The summed E-state index contributed by atoms with van der Waals surface area (Å²) in [5, 5.41) is 16.9. The van der Waals surface area contributed by atoms with Crippen LogP contribution in [0.2, 0.25) is 0 Å². The van der Waals surface area contributed by atoms with E-state index in [0.29, 0.717) is 18.3 Å². The van der Waals surface area contributed by atoms with E-state index in [9.17, 15) is 5.11 Å². The fourth-order valence-electron chi connectivity index (χ4n) is 2.40. The number of benzene rings is 1. The van der Waals surface area contributed by atoms with Gasteiger partial charge in [0.1, 0.15) is 17.1 Å². The van der Waals surface area contributed by atoms with E-state index in [0.717, 1.165) is 23.4 Å². The van der Waals surface area contributed by atoms with E-state index in [-0.39, 0.29) is 6.54 Å². The number of hydrogen-bond donors (Lipinski definition) is 3. The first-order chi connectivity index (χ1) is 12.0. The van der Waals surface area contributed by atoms with E-state index in [1.165, 1.54) is 0 Å². The van der Waals surface area contributed by atoms with Crippen molar-refractivity contribution in [3.63, 3.8) is 0 Å². The van der Waals surface area contributed by atoms with Crippen LogP contribution in [0, 0.1) is 6.92 Å². The molecule has 1 aromatic heterocycles. The molecule has 6 nitrogen and oxygen atoms in total. The molecule has 0 aliphatic carbocycles. The minimum atomic E-state index is -1.12. The van der Waals surface area contributed by atoms with Crippen molar-refractivity contribution in [2.75, 3.05) is 20.2 Å². The lowest BCUT2D eigenvalue weighted by atomic mass is 10.0. The van der Waals surface area contributed by atoms with E-state index >= 15 is 0 Å². The van der Waals surface area contributed by atoms with Crippen molar-refractivity contribution in [2.45, 2.75) is 32.9 Å². The second-order valence-corrected chi connectivity index (χ2v) is 6.10. The number of aryl methyl sites for hydroxylation is 1. The van der Waals surface area contributed by atoms with Crippen LogP contribution < -0.4 is 15.4 Å². The largest absolute Gasteiger partial charge is 0.496 e. The summed E-state index contributed by atoms with van der Waals surface area (Å²) in [6.07, 6.45) is 1.55. The van der Waals surface area contributed by atoms with Crippen molar-refractivity contribution in [3.8, 4) is 5.75 Å². The number of nitrogens with one attached hydrogen (secondary N) is 2. The normalized spacial score (nSPS) is 14.0. The Morgan fingerprint density at radius 2 is 2.12 bits per heavy atom. The SMILES string of the molecule is CCNC(=NCc1ccc(C)c(OC)c1)NCC(C)(O)c1ccco1. The van der Waals surface area contributed by atoms with Gasteiger partial charge in [-0.1, -0.05) is 12.1 Å². The molecule has 0 saturated carbocycles. The summed E-state index contributed by atoms with van der Waals surface area (Å²) >= 11 is 0. The Kier molecular flexibility index (Phi) is 6.47. The highest BCUT2D eigenvalue weighted by Crippen LogP contribution is 2.20. The van der Waals surface area contributed by atoms with Crippen molar-refractivity contribution < 1.29 is 14.3 Å². The van der Waals surface area contributed by atoms with E-state index in [4.69, 9.17) is 9.15 Å². The maximum atomic E-state index is 10.5. The smallest absolute Gasteiger partial charge is 0.191 e. The van der Waals surface area contributed by atoms with Crippen LogP contribution in [0.15, 0.2) is 46.0 Å². The van der Waals surface area contributed by atoms with Crippen LogP contribution in [0.5, 0.6) is 5.75 Å². The minimum absolute atomic E-state index is 0.281. The topological polar surface area (TPSA) is 79.0 Å². The highest BCUT2D eigenvalue weighted by atomic mass is 16.5. The molecule has 1 unspecified atom stereocenters. The molecule has 136 valence electrons. The molecular formula is C19H27N3O3. The van der Waals surface area contributed by atoms with Crippen molar-refractivity contribution >= 4 is 5.96 Å². The highest BCUT2D eigenvalue weighted by molar-refractivity contribution is 5.79. The zero-order chi connectivity index (χ0) is 18.3. The lowest BCUT2D eigenvalue weighted by Crippen LogP contribution is -2.44. The Bertz CT molecular complexity index is 694. The summed E-state index contributed by atoms with van der Waals surface area (Å²) in [6, 6.07) is 9.55. The molecule has 1 aromatic carbocycles. The predicted molar refractivity (Wildman–Crippen MR) is 98.8 cm³/mol. The monoisotopic (exact) mass is 345 g/mol. The van der Waals surface area contributed by atoms with E-state index < -0.39 is 5.60 Å². The van der Waals surface area contributed by atoms with Crippen molar-refractivity contribution in [2.24, 2.45) is 4.99 Å². The molecule has 25 heavy (non-hydrogen) atoms. The van der Waals surface area contributed by atoms with Gasteiger partial charge < -0.3 is 24.9 Å². The molecule has 2 rings (SSSR count). The molecule has 1 atom stereocenters. The van der Waals surface area contributed by atoms with Crippen LogP contribution in [0.25, 0.3) is 0 Å². The average Bonchev–Trinajstić information content (AvgIpc) is 3.14. The Hall–Kier alpha value is -2.47. The maximum absolute atomic E-state index is 10.5. The maximum Gasteiger partial charge on any atom is 0.191 e. The van der Waals surface area contributed by atoms with Crippen molar-refractivity contribution in [1.29, 1.82) is 0 Å². The van der Waals surface area contributed by atoms with Gasteiger partial charge in [0.25, 0.3) is 0 Å². The highest BCUT2D eigenvalue weighted by Gasteiger charge is 2.26. The Morgan fingerprint density at radius 1 is 1.32 bits per heavy atom. The van der Waals surface area contributed by atoms with Crippen LogP contribution in [-0.4, -0.2) is 31.3 Å². The summed E-state index contributed by atoms with van der Waals surface area (Å²) in [4.78, 5) is 4.57. The van der Waals surface area contributed by atoms with Crippen LogP contribution in [0.1, 0.15) is 30.7 Å². The van der Waals surface area contributed by atoms with Gasteiger partial charge in [-0.25, -0.2) is 4.99 Å². The van der Waals surface area contributed by atoms with E-state index in [1.54, 1.807) is 32.4 Å². The predicted octanol–water partition coefficient (Wildman–Crippen LogP) is 2.56. The zero-order valence-electron chi connectivity index (χ0n) is 15.3. The molecular weight excluding hydrogens is 318 g/mol. The summed E-state index contributed by atoms with van der Waals surface area (Å²) in [5.74, 6) is 2.00. The summed E-state index contributed by atoms with van der Waals surface area (Å²) in [7, 11) is 1.66. The van der Waals surface area contributed by atoms with Gasteiger partial charge >= 0.3 is 0 Å². The van der Waals surface area contributed by atoms with Gasteiger partial charge in [0.2, 0.25) is 0 Å². The average molecular weight is 345 g/mol. The van der Waals surface area contributed by atoms with Crippen LogP contribution in [-0.2, 0) is 12.1 Å². The first-order valence-corrected chi connectivity index (χ1v) is 8.38. The van der Waals surface area contributed by atoms with Gasteiger partial charge in [0, 0.05) is 6.54 Å². The number of rotatable bonds is 7. The molecule has 0 radical (unpaired) electrons.